The van der Waals surface area contributed by atoms with Crippen molar-refractivity contribution in [2.75, 3.05) is 13.2 Å². The van der Waals surface area contributed by atoms with Crippen LogP contribution in [0.5, 0.6) is 0 Å². The first-order valence-corrected chi connectivity index (χ1v) is 13.4. The first-order valence-electron chi connectivity index (χ1n) is 10.1. The Morgan fingerprint density at radius 3 is 1.53 bits per heavy atom. The number of carbonyl (C=O) groups excluding carboxylic acids is 2. The number of hydrogen-bond donors (Lipinski definition) is 0. The van der Waals surface area contributed by atoms with Gasteiger partial charge in [0.05, 0.1) is 32.4 Å². The Balaban J connectivity index is 1.76. The summed E-state index contributed by atoms with van der Waals surface area (Å²) < 4.78 is 13.1. The third-order valence-electron chi connectivity index (χ3n) is 4.97. The highest BCUT2D eigenvalue weighted by Gasteiger charge is 2.24. The van der Waals surface area contributed by atoms with Crippen LogP contribution in [0.2, 0.25) is 0 Å². The second kappa shape index (κ2) is 8.78. The van der Waals surface area contributed by atoms with E-state index >= 15 is 0 Å². The Bertz CT molecular complexity index is 1280. The molecule has 0 spiro atoms. The summed E-state index contributed by atoms with van der Waals surface area (Å²) in [6.07, 6.45) is 0. The van der Waals surface area contributed by atoms with Crippen LogP contribution >= 0.6 is 45.3 Å². The van der Waals surface area contributed by atoms with E-state index in [4.69, 9.17) is 9.47 Å². The van der Waals surface area contributed by atoms with Crippen LogP contribution in [-0.4, -0.2) is 25.2 Å². The van der Waals surface area contributed by atoms with Gasteiger partial charge in [0.1, 0.15) is 0 Å². The van der Waals surface area contributed by atoms with Crippen LogP contribution in [0.25, 0.3) is 39.7 Å². The molecule has 0 radical (unpaired) electrons. The van der Waals surface area contributed by atoms with Crippen LogP contribution in [0.3, 0.4) is 0 Å². The number of ether oxygens (including phenoxy) is 2. The highest BCUT2D eigenvalue weighted by molar-refractivity contribution is 7.39. The van der Waals surface area contributed by atoms with Gasteiger partial charge in [0, 0.05) is 31.7 Å². The molecule has 0 N–H and O–H groups in total. The molecule has 1 aromatic carbocycles. The van der Waals surface area contributed by atoms with Crippen molar-refractivity contribution in [1.29, 1.82) is 0 Å². The van der Waals surface area contributed by atoms with Crippen molar-refractivity contribution in [3.8, 4) is 20.9 Å². The van der Waals surface area contributed by atoms with E-state index in [-0.39, 0.29) is 13.2 Å². The van der Waals surface area contributed by atoms with Gasteiger partial charge in [-0.15, -0.1) is 45.3 Å². The number of hydrogen-bond acceptors (Lipinski definition) is 8. The highest BCUT2D eigenvalue weighted by Crippen LogP contribution is 2.43. The molecule has 0 fully saturated rings. The van der Waals surface area contributed by atoms with Gasteiger partial charge < -0.3 is 9.47 Å². The van der Waals surface area contributed by atoms with Crippen molar-refractivity contribution in [3.63, 3.8) is 0 Å². The topological polar surface area (TPSA) is 52.6 Å². The van der Waals surface area contributed by atoms with Gasteiger partial charge in [-0.05, 0) is 61.0 Å². The summed E-state index contributed by atoms with van der Waals surface area (Å²) in [4.78, 5) is 27.8. The molecule has 0 aliphatic rings. The van der Waals surface area contributed by atoms with Crippen LogP contribution in [-0.2, 0) is 9.47 Å². The van der Waals surface area contributed by atoms with Gasteiger partial charge in [0.15, 0.2) is 0 Å². The molecule has 162 valence electrons. The van der Waals surface area contributed by atoms with Gasteiger partial charge in [0.25, 0.3) is 0 Å². The average molecular weight is 499 g/mol. The molecule has 32 heavy (non-hydrogen) atoms. The van der Waals surface area contributed by atoms with E-state index in [9.17, 15) is 9.59 Å². The predicted octanol–water partition coefficient (Wildman–Crippen LogP) is 7.93. The lowest BCUT2D eigenvalue weighted by Crippen LogP contribution is -2.11. The molecule has 4 heterocycles. The molecule has 0 bridgehead atoms. The van der Waals surface area contributed by atoms with E-state index in [1.807, 2.05) is 10.8 Å². The molecule has 0 unspecified atom stereocenters. The zero-order chi connectivity index (χ0) is 22.2. The van der Waals surface area contributed by atoms with E-state index in [2.05, 4.69) is 24.3 Å². The fourth-order valence-electron chi connectivity index (χ4n) is 3.56. The molecular formula is C24H18O4S4. The smallest absolute Gasteiger partial charge is 0.338 e. The van der Waals surface area contributed by atoms with Gasteiger partial charge in [-0.1, -0.05) is 0 Å². The maximum Gasteiger partial charge on any atom is 0.338 e. The lowest BCUT2D eigenvalue weighted by atomic mass is 9.96. The molecule has 5 rings (SSSR count). The van der Waals surface area contributed by atoms with Crippen LogP contribution in [0.4, 0.5) is 0 Å². The third-order valence-corrected chi connectivity index (χ3v) is 9.45. The second-order valence-electron chi connectivity index (χ2n) is 6.93. The van der Waals surface area contributed by atoms with Crippen molar-refractivity contribution in [3.05, 3.63) is 58.3 Å². The van der Waals surface area contributed by atoms with E-state index < -0.39 is 11.9 Å². The second-order valence-corrected chi connectivity index (χ2v) is 11.4. The summed E-state index contributed by atoms with van der Waals surface area (Å²) >= 11 is 6.55. The maximum atomic E-state index is 13.0. The number of carbonyl (C=O) groups is 2. The number of thiophene rings is 4. The Labute approximate surface area is 200 Å². The number of benzene rings is 1. The van der Waals surface area contributed by atoms with Crippen molar-refractivity contribution in [1.82, 2.24) is 0 Å². The standard InChI is InChI=1S/C24H18O4S4/c1-3-27-21(25)17-11-16(20-10-14-6-8-30-24(14)32-20)18(22(26)28-4-2)12-15(17)19-9-13-5-7-29-23(13)31-19/h5-12H,3-4H2,1-2H3. The van der Waals surface area contributed by atoms with E-state index in [1.165, 1.54) is 8.03 Å². The number of rotatable bonds is 6. The van der Waals surface area contributed by atoms with Gasteiger partial charge in [0.2, 0.25) is 0 Å². The van der Waals surface area contributed by atoms with Crippen LogP contribution in [0.15, 0.2) is 47.2 Å². The monoisotopic (exact) mass is 498 g/mol. The molecule has 8 heteroatoms. The summed E-state index contributed by atoms with van der Waals surface area (Å²) in [6, 6.07) is 11.8. The molecule has 4 aromatic heterocycles. The Kier molecular flexibility index (Phi) is 5.86. The fraction of sp³-hybridized carbons (Fsp3) is 0.167. The third kappa shape index (κ3) is 3.77. The summed E-state index contributed by atoms with van der Waals surface area (Å²) in [5.41, 5.74) is 2.31. The predicted molar refractivity (Wildman–Crippen MR) is 136 cm³/mol. The van der Waals surface area contributed by atoms with Gasteiger partial charge >= 0.3 is 11.9 Å². The lowest BCUT2D eigenvalue weighted by molar-refractivity contribution is 0.0513. The largest absolute Gasteiger partial charge is 0.462 e. The molecule has 0 amide bonds. The summed E-state index contributed by atoms with van der Waals surface area (Å²) in [5, 5.41) is 6.36. The fourth-order valence-corrected chi connectivity index (χ4v) is 7.84. The zero-order valence-corrected chi connectivity index (χ0v) is 20.6. The Morgan fingerprint density at radius 1 is 0.719 bits per heavy atom. The van der Waals surface area contributed by atoms with Crippen LogP contribution in [0.1, 0.15) is 34.6 Å². The first kappa shape index (κ1) is 21.3. The molecule has 0 saturated heterocycles. The molecule has 0 saturated carbocycles. The normalized spacial score (nSPS) is 11.3. The van der Waals surface area contributed by atoms with E-state index in [0.29, 0.717) is 22.3 Å². The van der Waals surface area contributed by atoms with Gasteiger partial charge in [-0.3, -0.25) is 0 Å². The minimum absolute atomic E-state index is 0.279. The van der Waals surface area contributed by atoms with E-state index in [1.54, 1.807) is 71.3 Å². The minimum Gasteiger partial charge on any atom is -0.462 e. The zero-order valence-electron chi connectivity index (χ0n) is 17.3. The van der Waals surface area contributed by atoms with Crippen LogP contribution < -0.4 is 0 Å². The minimum atomic E-state index is -0.394. The molecular weight excluding hydrogens is 481 g/mol. The number of fused-ring (bicyclic) bond motifs is 2. The van der Waals surface area contributed by atoms with Crippen LogP contribution in [0, 0.1) is 0 Å². The van der Waals surface area contributed by atoms with Crippen molar-refractivity contribution >= 4 is 76.1 Å². The Morgan fingerprint density at radius 2 is 1.16 bits per heavy atom. The van der Waals surface area contributed by atoms with Crippen molar-refractivity contribution in [2.45, 2.75) is 13.8 Å². The maximum absolute atomic E-state index is 13.0. The van der Waals surface area contributed by atoms with Gasteiger partial charge in [-0.2, -0.15) is 0 Å². The molecule has 0 aliphatic carbocycles. The SMILES string of the molecule is CCOC(=O)c1cc(-c2cc3ccsc3s2)c(C(=O)OCC)cc1-c1cc2ccsc2s1. The molecule has 0 aliphatic heterocycles. The van der Waals surface area contributed by atoms with Gasteiger partial charge in [-0.25, -0.2) is 9.59 Å². The molecule has 4 nitrogen and oxygen atoms in total. The quantitative estimate of drug-likeness (QED) is 0.223. The average Bonchev–Trinajstić information content (AvgIpc) is 3.53. The lowest BCUT2D eigenvalue weighted by Gasteiger charge is -2.14. The summed E-state index contributed by atoms with van der Waals surface area (Å²) in [7, 11) is 0. The first-order chi connectivity index (χ1) is 15.6. The number of esters is 2. The summed E-state index contributed by atoms with van der Waals surface area (Å²) in [6.45, 7) is 4.14. The summed E-state index contributed by atoms with van der Waals surface area (Å²) in [5.74, 6) is -0.788. The molecule has 5 aromatic rings. The van der Waals surface area contributed by atoms with Crippen molar-refractivity contribution < 1.29 is 19.1 Å². The van der Waals surface area contributed by atoms with Crippen molar-refractivity contribution in [2.24, 2.45) is 0 Å². The Hall–Kier alpha value is -2.52. The molecule has 0 atom stereocenters. The highest BCUT2D eigenvalue weighted by atomic mass is 32.2. The van der Waals surface area contributed by atoms with E-state index in [0.717, 1.165) is 20.5 Å².